The molecule has 0 aliphatic carbocycles. The molecule has 0 saturated carbocycles. The largest absolute Gasteiger partial charge is 0.384 e. The molecule has 1 heterocycles. The van der Waals surface area contributed by atoms with E-state index in [9.17, 15) is 4.79 Å². The molecule has 94 valence electrons. The molecule has 1 amide bonds. The predicted molar refractivity (Wildman–Crippen MR) is 72.9 cm³/mol. The number of aromatic nitrogens is 2. The first-order valence-electron chi connectivity index (χ1n) is 5.38. The highest BCUT2D eigenvalue weighted by molar-refractivity contribution is 9.10. The monoisotopic (exact) mass is 308 g/mol. The minimum Gasteiger partial charge on any atom is -0.384 e. The van der Waals surface area contributed by atoms with Crippen molar-refractivity contribution in [2.24, 2.45) is 7.05 Å². The summed E-state index contributed by atoms with van der Waals surface area (Å²) >= 11 is 3.34. The molecule has 2 aromatic rings. The Balaban J connectivity index is 2.05. The number of hydrogen-bond donors (Lipinski definition) is 2. The summed E-state index contributed by atoms with van der Waals surface area (Å²) in [6, 6.07) is 7.26. The number of anilines is 1. The fourth-order valence-electron chi connectivity index (χ4n) is 1.54. The van der Waals surface area contributed by atoms with E-state index < -0.39 is 0 Å². The average molecular weight is 309 g/mol. The van der Waals surface area contributed by atoms with Gasteiger partial charge in [0.1, 0.15) is 5.82 Å². The van der Waals surface area contributed by atoms with Crippen LogP contribution in [-0.2, 0) is 13.6 Å². The van der Waals surface area contributed by atoms with Gasteiger partial charge < -0.3 is 11.1 Å². The van der Waals surface area contributed by atoms with E-state index >= 15 is 0 Å². The molecule has 0 aliphatic rings. The molecule has 3 N–H and O–H groups in total. The second kappa shape index (κ2) is 5.22. The van der Waals surface area contributed by atoms with Crippen LogP contribution in [0.1, 0.15) is 15.9 Å². The van der Waals surface area contributed by atoms with Gasteiger partial charge in [-0.15, -0.1) is 0 Å². The van der Waals surface area contributed by atoms with E-state index in [1.54, 1.807) is 24.0 Å². The summed E-state index contributed by atoms with van der Waals surface area (Å²) in [4.78, 5) is 11.9. The predicted octanol–water partition coefficient (Wildman–Crippen LogP) is 1.69. The second-order valence-corrected chi connectivity index (χ2v) is 4.70. The maximum Gasteiger partial charge on any atom is 0.252 e. The summed E-state index contributed by atoms with van der Waals surface area (Å²) in [5, 5.41) is 6.82. The molecule has 0 fully saturated rings. The van der Waals surface area contributed by atoms with Crippen LogP contribution < -0.4 is 11.1 Å². The van der Waals surface area contributed by atoms with E-state index in [4.69, 9.17) is 5.73 Å². The van der Waals surface area contributed by atoms with Gasteiger partial charge in [-0.1, -0.05) is 12.1 Å². The van der Waals surface area contributed by atoms with Gasteiger partial charge in [0.05, 0.1) is 11.8 Å². The second-order valence-electron chi connectivity index (χ2n) is 3.84. The molecule has 0 bridgehead atoms. The zero-order valence-corrected chi connectivity index (χ0v) is 11.4. The Morgan fingerprint density at radius 2 is 2.22 bits per heavy atom. The summed E-state index contributed by atoms with van der Waals surface area (Å²) < 4.78 is 2.33. The standard InChI is InChI=1S/C12H13BrN4O/c1-17-11(14)8(7-16-17)6-15-12(18)9-4-2-3-5-10(9)13/h2-5,7H,6,14H2,1H3,(H,15,18). The normalized spacial score (nSPS) is 10.3. The summed E-state index contributed by atoms with van der Waals surface area (Å²) in [6.45, 7) is 0.361. The van der Waals surface area contributed by atoms with E-state index in [2.05, 4.69) is 26.3 Å². The van der Waals surface area contributed by atoms with Crippen molar-refractivity contribution >= 4 is 27.7 Å². The smallest absolute Gasteiger partial charge is 0.252 e. The molecule has 0 aliphatic heterocycles. The molecule has 0 spiro atoms. The van der Waals surface area contributed by atoms with Gasteiger partial charge in [0.15, 0.2) is 0 Å². The zero-order chi connectivity index (χ0) is 13.1. The van der Waals surface area contributed by atoms with Gasteiger partial charge in [0.25, 0.3) is 5.91 Å². The number of carbonyl (C=O) groups excluding carboxylic acids is 1. The molecular weight excluding hydrogens is 296 g/mol. The summed E-state index contributed by atoms with van der Waals surface area (Å²) in [6.07, 6.45) is 1.65. The molecule has 6 heteroatoms. The van der Waals surface area contributed by atoms with Crippen LogP contribution in [-0.4, -0.2) is 15.7 Å². The topological polar surface area (TPSA) is 72.9 Å². The Kier molecular flexibility index (Phi) is 3.66. The average Bonchev–Trinajstić information content (AvgIpc) is 2.68. The number of benzene rings is 1. The van der Waals surface area contributed by atoms with Gasteiger partial charge in [-0.05, 0) is 28.1 Å². The minimum absolute atomic E-state index is 0.147. The van der Waals surface area contributed by atoms with Crippen LogP contribution in [0.25, 0.3) is 0 Å². The van der Waals surface area contributed by atoms with Crippen molar-refractivity contribution in [3.05, 3.63) is 46.1 Å². The quantitative estimate of drug-likeness (QED) is 0.906. The van der Waals surface area contributed by atoms with Crippen molar-refractivity contribution < 1.29 is 4.79 Å². The Bertz CT molecular complexity index is 579. The summed E-state index contributed by atoms with van der Waals surface area (Å²) in [5.74, 6) is 0.410. The Morgan fingerprint density at radius 1 is 1.50 bits per heavy atom. The molecule has 1 aromatic carbocycles. The first-order valence-corrected chi connectivity index (χ1v) is 6.18. The van der Waals surface area contributed by atoms with Crippen LogP contribution in [0.5, 0.6) is 0 Å². The lowest BCUT2D eigenvalue weighted by molar-refractivity contribution is 0.0950. The molecule has 0 saturated heterocycles. The van der Waals surface area contributed by atoms with Crippen molar-refractivity contribution in [2.75, 3.05) is 5.73 Å². The number of rotatable bonds is 3. The van der Waals surface area contributed by atoms with Crippen LogP contribution in [0.4, 0.5) is 5.82 Å². The number of aryl methyl sites for hydroxylation is 1. The number of nitrogens with zero attached hydrogens (tertiary/aromatic N) is 2. The highest BCUT2D eigenvalue weighted by Crippen LogP contribution is 2.16. The summed E-state index contributed by atoms with van der Waals surface area (Å²) in [5.41, 5.74) is 7.20. The number of amides is 1. The fraction of sp³-hybridized carbons (Fsp3) is 0.167. The molecule has 0 radical (unpaired) electrons. The zero-order valence-electron chi connectivity index (χ0n) is 9.85. The number of nitrogens with one attached hydrogen (secondary N) is 1. The summed E-state index contributed by atoms with van der Waals surface area (Å²) in [7, 11) is 1.76. The number of halogens is 1. The lowest BCUT2D eigenvalue weighted by Crippen LogP contribution is -2.23. The molecular formula is C12H13BrN4O. The highest BCUT2D eigenvalue weighted by atomic mass is 79.9. The van der Waals surface area contributed by atoms with E-state index in [0.29, 0.717) is 17.9 Å². The molecule has 0 atom stereocenters. The molecule has 2 rings (SSSR count). The Morgan fingerprint density at radius 3 is 2.83 bits per heavy atom. The lowest BCUT2D eigenvalue weighted by atomic mass is 10.2. The van der Waals surface area contributed by atoms with Crippen LogP contribution in [0.15, 0.2) is 34.9 Å². The van der Waals surface area contributed by atoms with Crippen LogP contribution in [0, 0.1) is 0 Å². The van der Waals surface area contributed by atoms with Crippen molar-refractivity contribution in [3.63, 3.8) is 0 Å². The third-order valence-electron chi connectivity index (χ3n) is 2.62. The molecule has 1 aromatic heterocycles. The number of carbonyl (C=O) groups is 1. The first kappa shape index (κ1) is 12.6. The van der Waals surface area contributed by atoms with Crippen molar-refractivity contribution in [3.8, 4) is 0 Å². The van der Waals surface area contributed by atoms with Crippen LogP contribution >= 0.6 is 15.9 Å². The maximum atomic E-state index is 11.9. The molecule has 18 heavy (non-hydrogen) atoms. The van der Waals surface area contributed by atoms with E-state index in [0.717, 1.165) is 10.0 Å². The SMILES string of the molecule is Cn1ncc(CNC(=O)c2ccccc2Br)c1N. The van der Waals surface area contributed by atoms with E-state index in [-0.39, 0.29) is 5.91 Å². The maximum absolute atomic E-state index is 11.9. The van der Waals surface area contributed by atoms with Gasteiger partial charge in [-0.2, -0.15) is 5.10 Å². The molecule has 5 nitrogen and oxygen atoms in total. The van der Waals surface area contributed by atoms with E-state index in [1.165, 1.54) is 0 Å². The number of nitrogen functional groups attached to an aromatic ring is 1. The van der Waals surface area contributed by atoms with Gasteiger partial charge in [0.2, 0.25) is 0 Å². The van der Waals surface area contributed by atoms with Gasteiger partial charge >= 0.3 is 0 Å². The van der Waals surface area contributed by atoms with Crippen molar-refractivity contribution in [1.82, 2.24) is 15.1 Å². The van der Waals surface area contributed by atoms with Crippen LogP contribution in [0.3, 0.4) is 0 Å². The van der Waals surface area contributed by atoms with Crippen LogP contribution in [0.2, 0.25) is 0 Å². The van der Waals surface area contributed by atoms with E-state index in [1.807, 2.05) is 18.2 Å². The van der Waals surface area contributed by atoms with Gasteiger partial charge in [0, 0.05) is 23.6 Å². The third kappa shape index (κ3) is 2.53. The Hall–Kier alpha value is -1.82. The fourth-order valence-corrected chi connectivity index (χ4v) is 2.01. The van der Waals surface area contributed by atoms with Gasteiger partial charge in [-0.3, -0.25) is 9.48 Å². The number of nitrogens with two attached hydrogens (primary N) is 1. The number of hydrogen-bond acceptors (Lipinski definition) is 3. The molecule has 0 unspecified atom stereocenters. The first-order chi connectivity index (χ1) is 8.59. The van der Waals surface area contributed by atoms with Gasteiger partial charge in [-0.25, -0.2) is 0 Å². The van der Waals surface area contributed by atoms with Crippen molar-refractivity contribution in [2.45, 2.75) is 6.54 Å². The minimum atomic E-state index is -0.147. The third-order valence-corrected chi connectivity index (χ3v) is 3.31. The lowest BCUT2D eigenvalue weighted by Gasteiger charge is -2.06. The highest BCUT2D eigenvalue weighted by Gasteiger charge is 2.10. The van der Waals surface area contributed by atoms with Crippen molar-refractivity contribution in [1.29, 1.82) is 0 Å². The Labute approximate surface area is 113 Å².